The van der Waals surface area contributed by atoms with Gasteiger partial charge in [-0.1, -0.05) is 0 Å². The van der Waals surface area contributed by atoms with Crippen molar-refractivity contribution in [2.45, 2.75) is 11.1 Å². The minimum Gasteiger partial charge on any atom is -0.206 e. The van der Waals surface area contributed by atoms with E-state index in [4.69, 9.17) is 0 Å². The first-order chi connectivity index (χ1) is 6.20. The van der Waals surface area contributed by atoms with Crippen molar-refractivity contribution in [2.75, 3.05) is 6.26 Å². The topological polar surface area (TPSA) is 0 Å². The standard InChI is InChI=1S/C10H9FS2/c1-6-3-8(11)7-5-10(12-2)13-9(7)4-6/h3-5H,1-2H3. The molecule has 0 fully saturated rings. The fourth-order valence-corrected chi connectivity index (χ4v) is 3.05. The van der Waals surface area contributed by atoms with E-state index in [-0.39, 0.29) is 5.82 Å². The van der Waals surface area contributed by atoms with Crippen LogP contribution in [-0.4, -0.2) is 6.26 Å². The van der Waals surface area contributed by atoms with Gasteiger partial charge in [0.05, 0.1) is 4.21 Å². The highest BCUT2D eigenvalue weighted by atomic mass is 32.2. The van der Waals surface area contributed by atoms with Crippen LogP contribution in [0.25, 0.3) is 10.1 Å². The van der Waals surface area contributed by atoms with Crippen molar-refractivity contribution in [1.82, 2.24) is 0 Å². The Morgan fingerprint density at radius 2 is 2.08 bits per heavy atom. The van der Waals surface area contributed by atoms with Gasteiger partial charge in [0.1, 0.15) is 5.82 Å². The minimum atomic E-state index is -0.105. The summed E-state index contributed by atoms with van der Waals surface area (Å²) in [5.41, 5.74) is 0.986. The molecule has 2 aromatic rings. The molecule has 2 rings (SSSR count). The van der Waals surface area contributed by atoms with Crippen molar-refractivity contribution in [3.8, 4) is 0 Å². The summed E-state index contributed by atoms with van der Waals surface area (Å²) in [7, 11) is 0. The highest BCUT2D eigenvalue weighted by Gasteiger charge is 2.06. The Balaban J connectivity index is 2.75. The summed E-state index contributed by atoms with van der Waals surface area (Å²) in [6.07, 6.45) is 2.01. The van der Waals surface area contributed by atoms with E-state index in [0.717, 1.165) is 15.6 Å². The molecule has 0 aliphatic rings. The van der Waals surface area contributed by atoms with E-state index in [1.165, 1.54) is 4.21 Å². The summed E-state index contributed by atoms with van der Waals surface area (Å²) in [4.78, 5) is 0. The zero-order valence-corrected chi connectivity index (χ0v) is 9.06. The molecule has 0 bridgehead atoms. The van der Waals surface area contributed by atoms with Gasteiger partial charge in [0.25, 0.3) is 0 Å². The van der Waals surface area contributed by atoms with E-state index in [2.05, 4.69) is 0 Å². The van der Waals surface area contributed by atoms with Crippen LogP contribution in [0.5, 0.6) is 0 Å². The van der Waals surface area contributed by atoms with Crippen LogP contribution < -0.4 is 0 Å². The number of hydrogen-bond acceptors (Lipinski definition) is 2. The fraction of sp³-hybridized carbons (Fsp3) is 0.200. The lowest BCUT2D eigenvalue weighted by molar-refractivity contribution is 0.639. The van der Waals surface area contributed by atoms with Crippen LogP contribution in [0, 0.1) is 12.7 Å². The van der Waals surface area contributed by atoms with Crippen molar-refractivity contribution < 1.29 is 4.39 Å². The minimum absolute atomic E-state index is 0.105. The smallest absolute Gasteiger partial charge is 0.132 e. The molecule has 0 aliphatic heterocycles. The second-order valence-electron chi connectivity index (χ2n) is 2.93. The number of aryl methyl sites for hydroxylation is 1. The Morgan fingerprint density at radius 3 is 2.77 bits per heavy atom. The number of rotatable bonds is 1. The Labute approximate surface area is 84.8 Å². The van der Waals surface area contributed by atoms with Crippen molar-refractivity contribution in [2.24, 2.45) is 0 Å². The molecule has 0 nitrogen and oxygen atoms in total. The Kier molecular flexibility index (Phi) is 2.30. The highest BCUT2D eigenvalue weighted by Crippen LogP contribution is 2.33. The maximum absolute atomic E-state index is 13.4. The maximum atomic E-state index is 13.4. The van der Waals surface area contributed by atoms with E-state index < -0.39 is 0 Å². The molecule has 0 saturated carbocycles. The average Bonchev–Trinajstić information content (AvgIpc) is 2.47. The first-order valence-corrected chi connectivity index (χ1v) is 5.98. The van der Waals surface area contributed by atoms with Gasteiger partial charge < -0.3 is 0 Å². The molecule has 0 spiro atoms. The molecule has 1 aromatic heterocycles. The van der Waals surface area contributed by atoms with Gasteiger partial charge in [-0.15, -0.1) is 23.1 Å². The van der Waals surface area contributed by atoms with Crippen LogP contribution in [0.1, 0.15) is 5.56 Å². The van der Waals surface area contributed by atoms with Crippen LogP contribution in [0.15, 0.2) is 22.4 Å². The van der Waals surface area contributed by atoms with Gasteiger partial charge in [0.15, 0.2) is 0 Å². The lowest BCUT2D eigenvalue weighted by Gasteiger charge is -1.93. The monoisotopic (exact) mass is 212 g/mol. The van der Waals surface area contributed by atoms with Gasteiger partial charge >= 0.3 is 0 Å². The van der Waals surface area contributed by atoms with E-state index in [9.17, 15) is 4.39 Å². The van der Waals surface area contributed by atoms with E-state index in [1.807, 2.05) is 25.3 Å². The third-order valence-corrected chi connectivity index (χ3v) is 4.06. The van der Waals surface area contributed by atoms with E-state index >= 15 is 0 Å². The third-order valence-electron chi connectivity index (χ3n) is 1.91. The second-order valence-corrected chi connectivity index (χ2v) is 5.12. The van der Waals surface area contributed by atoms with Gasteiger partial charge in [0.2, 0.25) is 0 Å². The lowest BCUT2D eigenvalue weighted by atomic mass is 10.2. The molecular weight excluding hydrogens is 203 g/mol. The normalized spacial score (nSPS) is 11.0. The molecule has 0 N–H and O–H groups in total. The second kappa shape index (κ2) is 3.31. The third kappa shape index (κ3) is 1.58. The average molecular weight is 212 g/mol. The molecule has 0 atom stereocenters. The number of benzene rings is 1. The van der Waals surface area contributed by atoms with Crippen molar-refractivity contribution in [1.29, 1.82) is 0 Å². The van der Waals surface area contributed by atoms with Crippen LogP contribution >= 0.6 is 23.1 Å². The molecule has 3 heteroatoms. The van der Waals surface area contributed by atoms with Gasteiger partial charge in [-0.3, -0.25) is 0 Å². The summed E-state index contributed by atoms with van der Waals surface area (Å²) in [6, 6.07) is 5.53. The van der Waals surface area contributed by atoms with Crippen molar-refractivity contribution >= 4 is 33.2 Å². The number of thiophene rings is 1. The zero-order chi connectivity index (χ0) is 9.42. The quantitative estimate of drug-likeness (QED) is 0.642. The van der Waals surface area contributed by atoms with Crippen LogP contribution in [0.2, 0.25) is 0 Å². The summed E-state index contributed by atoms with van der Waals surface area (Å²) in [5, 5.41) is 0.750. The number of halogens is 1. The van der Waals surface area contributed by atoms with Gasteiger partial charge in [-0.2, -0.15) is 0 Å². The summed E-state index contributed by atoms with van der Waals surface area (Å²) in [5.74, 6) is -0.105. The number of thioether (sulfide) groups is 1. The van der Waals surface area contributed by atoms with Crippen molar-refractivity contribution in [3.05, 3.63) is 29.6 Å². The SMILES string of the molecule is CSc1cc2c(F)cc(C)cc2s1. The predicted octanol–water partition coefficient (Wildman–Crippen LogP) is 4.07. The summed E-state index contributed by atoms with van der Waals surface area (Å²) in [6.45, 7) is 1.92. The number of hydrogen-bond donors (Lipinski definition) is 0. The molecule has 13 heavy (non-hydrogen) atoms. The van der Waals surface area contributed by atoms with Crippen LogP contribution in [0.3, 0.4) is 0 Å². The lowest BCUT2D eigenvalue weighted by Crippen LogP contribution is -1.76. The first-order valence-electron chi connectivity index (χ1n) is 3.94. The fourth-order valence-electron chi connectivity index (χ4n) is 1.30. The molecule has 1 heterocycles. The Bertz CT molecular complexity index is 445. The number of fused-ring (bicyclic) bond motifs is 1. The van der Waals surface area contributed by atoms with Gasteiger partial charge in [-0.05, 0) is 36.9 Å². The first kappa shape index (κ1) is 9.03. The Hall–Kier alpha value is -0.540. The van der Waals surface area contributed by atoms with E-state index in [0.29, 0.717) is 0 Å². The molecular formula is C10H9FS2. The van der Waals surface area contributed by atoms with Gasteiger partial charge in [0, 0.05) is 10.1 Å². The zero-order valence-electron chi connectivity index (χ0n) is 7.43. The van der Waals surface area contributed by atoms with Crippen LogP contribution in [0.4, 0.5) is 4.39 Å². The summed E-state index contributed by atoms with van der Waals surface area (Å²) < 4.78 is 15.6. The largest absolute Gasteiger partial charge is 0.206 e. The van der Waals surface area contributed by atoms with E-state index in [1.54, 1.807) is 29.2 Å². The molecule has 0 radical (unpaired) electrons. The van der Waals surface area contributed by atoms with Crippen LogP contribution in [-0.2, 0) is 0 Å². The molecule has 0 amide bonds. The van der Waals surface area contributed by atoms with Crippen molar-refractivity contribution in [3.63, 3.8) is 0 Å². The van der Waals surface area contributed by atoms with Gasteiger partial charge in [-0.25, -0.2) is 4.39 Å². The molecule has 1 aromatic carbocycles. The predicted molar refractivity (Wildman–Crippen MR) is 58.3 cm³/mol. The maximum Gasteiger partial charge on any atom is 0.132 e. The molecule has 68 valence electrons. The molecule has 0 saturated heterocycles. The molecule has 0 unspecified atom stereocenters. The molecule has 0 aliphatic carbocycles. The highest BCUT2D eigenvalue weighted by molar-refractivity contribution is 8.00. The Morgan fingerprint density at radius 1 is 1.31 bits per heavy atom. The summed E-state index contributed by atoms with van der Waals surface area (Å²) >= 11 is 3.31.